The number of amides is 2. The number of hydrogen-bond donors (Lipinski definition) is 1. The zero-order valence-corrected chi connectivity index (χ0v) is 12.9. The molecule has 3 rings (SSSR count). The van der Waals surface area contributed by atoms with Crippen LogP contribution < -0.4 is 10.2 Å². The molecule has 2 aromatic rings. The lowest BCUT2D eigenvalue weighted by Gasteiger charge is -2.28. The summed E-state index contributed by atoms with van der Waals surface area (Å²) in [7, 11) is 0. The first-order valence-corrected chi connectivity index (χ1v) is 7.87. The van der Waals surface area contributed by atoms with Crippen molar-refractivity contribution in [2.45, 2.75) is 11.8 Å². The number of para-hydroxylation sites is 1. The molecule has 2 amide bonds. The van der Waals surface area contributed by atoms with Crippen molar-refractivity contribution in [2.24, 2.45) is 0 Å². The fourth-order valence-corrected chi connectivity index (χ4v) is 3.19. The number of pyridine rings is 1. The van der Waals surface area contributed by atoms with E-state index in [2.05, 4.69) is 10.3 Å². The SMILES string of the molecule is Cc1cccnc1NC(=O)CN1C(=O)CSc2ccccc21. The molecular weight excluding hydrogens is 298 g/mol. The summed E-state index contributed by atoms with van der Waals surface area (Å²) < 4.78 is 0. The van der Waals surface area contributed by atoms with Crippen molar-refractivity contribution >= 4 is 35.1 Å². The lowest BCUT2D eigenvalue weighted by Crippen LogP contribution is -2.41. The van der Waals surface area contributed by atoms with Gasteiger partial charge < -0.3 is 10.2 Å². The number of nitrogens with one attached hydrogen (secondary N) is 1. The Kier molecular flexibility index (Phi) is 4.11. The van der Waals surface area contributed by atoms with E-state index in [1.807, 2.05) is 43.3 Å². The zero-order valence-electron chi connectivity index (χ0n) is 12.1. The van der Waals surface area contributed by atoms with Crippen LogP contribution in [0.4, 0.5) is 11.5 Å². The molecule has 1 aromatic carbocycles. The summed E-state index contributed by atoms with van der Waals surface area (Å²) in [5, 5.41) is 2.76. The van der Waals surface area contributed by atoms with Gasteiger partial charge >= 0.3 is 0 Å². The number of carbonyl (C=O) groups is 2. The number of nitrogens with zero attached hydrogens (tertiary/aromatic N) is 2. The molecule has 1 aliphatic rings. The van der Waals surface area contributed by atoms with E-state index < -0.39 is 0 Å². The van der Waals surface area contributed by atoms with Gasteiger partial charge in [-0.1, -0.05) is 18.2 Å². The Hall–Kier alpha value is -2.34. The molecule has 0 saturated heterocycles. The van der Waals surface area contributed by atoms with Crippen molar-refractivity contribution < 1.29 is 9.59 Å². The molecule has 0 fully saturated rings. The Labute approximate surface area is 132 Å². The Bertz CT molecular complexity index is 733. The molecule has 0 unspecified atom stereocenters. The zero-order chi connectivity index (χ0) is 15.5. The molecule has 112 valence electrons. The maximum absolute atomic E-state index is 12.2. The lowest BCUT2D eigenvalue weighted by atomic mass is 10.2. The Morgan fingerprint density at radius 2 is 2.14 bits per heavy atom. The van der Waals surface area contributed by atoms with E-state index in [1.54, 1.807) is 6.20 Å². The fourth-order valence-electron chi connectivity index (χ4n) is 2.26. The van der Waals surface area contributed by atoms with E-state index >= 15 is 0 Å². The number of carbonyl (C=O) groups excluding carboxylic acids is 2. The van der Waals surface area contributed by atoms with Crippen LogP contribution in [0.5, 0.6) is 0 Å². The van der Waals surface area contributed by atoms with Crippen molar-refractivity contribution in [3.8, 4) is 0 Å². The number of aromatic nitrogens is 1. The summed E-state index contributed by atoms with van der Waals surface area (Å²) in [4.78, 5) is 31.0. The minimum Gasteiger partial charge on any atom is -0.309 e. The number of thioether (sulfide) groups is 1. The minimum atomic E-state index is -0.253. The van der Waals surface area contributed by atoms with Crippen molar-refractivity contribution in [1.29, 1.82) is 0 Å². The highest BCUT2D eigenvalue weighted by molar-refractivity contribution is 8.00. The molecule has 1 aromatic heterocycles. The number of hydrogen-bond acceptors (Lipinski definition) is 4. The average Bonchev–Trinajstić information content (AvgIpc) is 2.52. The summed E-state index contributed by atoms with van der Waals surface area (Å²) in [6.45, 7) is 1.87. The van der Waals surface area contributed by atoms with Gasteiger partial charge in [-0.3, -0.25) is 9.59 Å². The highest BCUT2D eigenvalue weighted by Gasteiger charge is 2.26. The first-order valence-electron chi connectivity index (χ1n) is 6.89. The van der Waals surface area contributed by atoms with Crippen molar-refractivity contribution in [3.05, 3.63) is 48.2 Å². The molecular formula is C16H15N3O2S. The molecule has 0 atom stereocenters. The summed E-state index contributed by atoms with van der Waals surface area (Å²) in [5.74, 6) is 0.570. The van der Waals surface area contributed by atoms with Gasteiger partial charge in [0.2, 0.25) is 11.8 Å². The largest absolute Gasteiger partial charge is 0.309 e. The van der Waals surface area contributed by atoms with E-state index in [0.29, 0.717) is 11.6 Å². The molecule has 22 heavy (non-hydrogen) atoms. The number of rotatable bonds is 3. The van der Waals surface area contributed by atoms with E-state index in [4.69, 9.17) is 0 Å². The first-order chi connectivity index (χ1) is 10.6. The third-order valence-corrected chi connectivity index (χ3v) is 4.42. The third-order valence-electron chi connectivity index (χ3n) is 3.38. The molecule has 0 aliphatic carbocycles. The van der Waals surface area contributed by atoms with E-state index in [-0.39, 0.29) is 18.4 Å². The molecule has 1 N–H and O–H groups in total. The second kappa shape index (κ2) is 6.19. The standard InChI is InChI=1S/C16H15N3O2S/c1-11-5-4-8-17-16(11)18-14(20)9-19-12-6-2-3-7-13(12)22-10-15(19)21/h2-8H,9-10H2,1H3,(H,17,18,20). The van der Waals surface area contributed by atoms with Crippen molar-refractivity contribution in [1.82, 2.24) is 4.98 Å². The second-order valence-electron chi connectivity index (χ2n) is 4.95. The van der Waals surface area contributed by atoms with Crippen LogP contribution in [-0.4, -0.2) is 29.1 Å². The quantitative estimate of drug-likeness (QED) is 0.945. The normalized spacial score (nSPS) is 13.7. The van der Waals surface area contributed by atoms with Gasteiger partial charge in [-0.15, -0.1) is 11.8 Å². The molecule has 0 bridgehead atoms. The van der Waals surface area contributed by atoms with E-state index in [1.165, 1.54) is 16.7 Å². The smallest absolute Gasteiger partial charge is 0.245 e. The van der Waals surface area contributed by atoms with Crippen LogP contribution in [-0.2, 0) is 9.59 Å². The topological polar surface area (TPSA) is 62.3 Å². The van der Waals surface area contributed by atoms with Gasteiger partial charge in [-0.05, 0) is 30.7 Å². The molecule has 0 spiro atoms. The van der Waals surface area contributed by atoms with Crippen molar-refractivity contribution in [2.75, 3.05) is 22.5 Å². The third kappa shape index (κ3) is 2.96. The Morgan fingerprint density at radius 1 is 1.32 bits per heavy atom. The molecule has 0 saturated carbocycles. The highest BCUT2D eigenvalue weighted by Crippen LogP contribution is 2.34. The molecule has 0 radical (unpaired) electrons. The van der Waals surface area contributed by atoms with Crippen LogP contribution in [0, 0.1) is 6.92 Å². The monoisotopic (exact) mass is 313 g/mol. The van der Waals surface area contributed by atoms with E-state index in [9.17, 15) is 9.59 Å². The van der Waals surface area contributed by atoms with E-state index in [0.717, 1.165) is 16.1 Å². The summed E-state index contributed by atoms with van der Waals surface area (Å²) in [6, 6.07) is 11.3. The van der Waals surface area contributed by atoms with Gasteiger partial charge in [0.15, 0.2) is 0 Å². The number of benzene rings is 1. The Morgan fingerprint density at radius 3 is 2.95 bits per heavy atom. The van der Waals surface area contributed by atoms with Gasteiger partial charge in [0.1, 0.15) is 12.4 Å². The summed E-state index contributed by atoms with van der Waals surface area (Å²) in [5.41, 5.74) is 1.67. The number of aryl methyl sites for hydroxylation is 1. The van der Waals surface area contributed by atoms with Gasteiger partial charge in [-0.25, -0.2) is 4.98 Å². The van der Waals surface area contributed by atoms with Crippen LogP contribution in [0.25, 0.3) is 0 Å². The molecule has 2 heterocycles. The maximum Gasteiger partial charge on any atom is 0.245 e. The predicted molar refractivity (Wildman–Crippen MR) is 87.1 cm³/mol. The Balaban J connectivity index is 1.77. The average molecular weight is 313 g/mol. The second-order valence-corrected chi connectivity index (χ2v) is 5.97. The van der Waals surface area contributed by atoms with Gasteiger partial charge in [-0.2, -0.15) is 0 Å². The fraction of sp³-hybridized carbons (Fsp3) is 0.188. The summed E-state index contributed by atoms with van der Waals surface area (Å²) in [6.07, 6.45) is 1.63. The lowest BCUT2D eigenvalue weighted by molar-refractivity contribution is -0.120. The maximum atomic E-state index is 12.2. The molecule has 5 nitrogen and oxygen atoms in total. The van der Waals surface area contributed by atoms with Crippen LogP contribution in [0.3, 0.4) is 0 Å². The molecule has 1 aliphatic heterocycles. The number of anilines is 2. The first kappa shape index (κ1) is 14.6. The van der Waals surface area contributed by atoms with Crippen molar-refractivity contribution in [3.63, 3.8) is 0 Å². The number of fused-ring (bicyclic) bond motifs is 1. The minimum absolute atomic E-state index is 0.00752. The summed E-state index contributed by atoms with van der Waals surface area (Å²) >= 11 is 1.50. The van der Waals surface area contributed by atoms with Gasteiger partial charge in [0, 0.05) is 11.1 Å². The van der Waals surface area contributed by atoms with Crippen LogP contribution in [0.15, 0.2) is 47.5 Å². The van der Waals surface area contributed by atoms with Gasteiger partial charge in [0.05, 0.1) is 11.4 Å². The predicted octanol–water partition coefficient (Wildman–Crippen LogP) is 2.47. The molecule has 6 heteroatoms. The van der Waals surface area contributed by atoms with Gasteiger partial charge in [0.25, 0.3) is 0 Å². The van der Waals surface area contributed by atoms with Crippen LogP contribution in [0.1, 0.15) is 5.56 Å². The highest BCUT2D eigenvalue weighted by atomic mass is 32.2. The van der Waals surface area contributed by atoms with Crippen LogP contribution >= 0.6 is 11.8 Å². The van der Waals surface area contributed by atoms with Crippen LogP contribution in [0.2, 0.25) is 0 Å².